The highest BCUT2D eigenvalue weighted by Gasteiger charge is 2.12. The van der Waals surface area contributed by atoms with Crippen molar-refractivity contribution in [2.75, 3.05) is 7.11 Å². The summed E-state index contributed by atoms with van der Waals surface area (Å²) in [7, 11) is 1.62. The van der Waals surface area contributed by atoms with E-state index in [1.165, 1.54) is 23.5 Å². The Morgan fingerprint density at radius 3 is 2.58 bits per heavy atom. The fourth-order valence-electron chi connectivity index (χ4n) is 2.85. The summed E-state index contributed by atoms with van der Waals surface area (Å²) >= 11 is 1.49. The van der Waals surface area contributed by atoms with Gasteiger partial charge in [-0.25, -0.2) is 14.4 Å². The number of esters is 1. The van der Waals surface area contributed by atoms with Crippen molar-refractivity contribution in [2.24, 2.45) is 0 Å². The Balaban J connectivity index is 1.26. The highest BCUT2D eigenvalue weighted by atomic mass is 32.1. The van der Waals surface area contributed by atoms with Crippen LogP contribution in [0, 0.1) is 5.82 Å². The van der Waals surface area contributed by atoms with Gasteiger partial charge in [-0.1, -0.05) is 0 Å². The minimum absolute atomic E-state index is 0.109. The fourth-order valence-corrected chi connectivity index (χ4v) is 3.66. The van der Waals surface area contributed by atoms with Gasteiger partial charge in [-0.2, -0.15) is 0 Å². The lowest BCUT2D eigenvalue weighted by molar-refractivity contribution is -0.145. The number of hydrogen-bond donors (Lipinski definition) is 0. The molecular weight excluding hydrogens is 419 g/mol. The average molecular weight is 438 g/mol. The van der Waals surface area contributed by atoms with Crippen LogP contribution in [0.4, 0.5) is 4.39 Å². The SMILES string of the molecule is COc1ccc(-c2nc(COC(=O)CCc3ncc(-c4ccc(F)cc4)o3)cs2)cc1. The summed E-state index contributed by atoms with van der Waals surface area (Å²) in [5.41, 5.74) is 2.39. The first-order valence-electron chi connectivity index (χ1n) is 9.56. The number of aryl methyl sites for hydroxylation is 1. The highest BCUT2D eigenvalue weighted by molar-refractivity contribution is 7.13. The lowest BCUT2D eigenvalue weighted by Gasteiger charge is -2.02. The number of oxazole rings is 1. The Bertz CT molecular complexity index is 1150. The summed E-state index contributed by atoms with van der Waals surface area (Å²) in [6.07, 6.45) is 2.01. The Kier molecular flexibility index (Phi) is 6.37. The van der Waals surface area contributed by atoms with Crippen LogP contribution >= 0.6 is 11.3 Å². The lowest BCUT2D eigenvalue weighted by Crippen LogP contribution is -2.06. The van der Waals surface area contributed by atoms with Crippen molar-refractivity contribution >= 4 is 17.3 Å². The third-order valence-corrected chi connectivity index (χ3v) is 5.44. The van der Waals surface area contributed by atoms with E-state index in [1.54, 1.807) is 25.4 Å². The molecule has 0 saturated heterocycles. The zero-order valence-corrected chi connectivity index (χ0v) is 17.5. The van der Waals surface area contributed by atoms with Gasteiger partial charge in [-0.15, -0.1) is 11.3 Å². The number of carbonyl (C=O) groups is 1. The number of methoxy groups -OCH3 is 1. The maximum Gasteiger partial charge on any atom is 0.306 e. The molecule has 4 rings (SSSR count). The van der Waals surface area contributed by atoms with E-state index in [0.717, 1.165) is 21.9 Å². The minimum Gasteiger partial charge on any atom is -0.497 e. The highest BCUT2D eigenvalue weighted by Crippen LogP contribution is 2.26. The normalized spacial score (nSPS) is 10.8. The first-order chi connectivity index (χ1) is 15.1. The van der Waals surface area contributed by atoms with Gasteiger partial charge >= 0.3 is 5.97 Å². The third kappa shape index (κ3) is 5.35. The standard InChI is InChI=1S/C23H19FN2O4S/c1-28-19-8-4-16(5-9-19)23-26-18(14-31-23)13-29-22(27)11-10-21-25-12-20(30-21)15-2-6-17(24)7-3-15/h2-9,12,14H,10-11,13H2,1H3. The molecule has 0 saturated carbocycles. The van der Waals surface area contributed by atoms with E-state index in [-0.39, 0.29) is 24.8 Å². The molecule has 31 heavy (non-hydrogen) atoms. The van der Waals surface area contributed by atoms with Crippen molar-refractivity contribution < 1.29 is 23.1 Å². The van der Waals surface area contributed by atoms with Crippen LogP contribution in [0.25, 0.3) is 21.9 Å². The van der Waals surface area contributed by atoms with E-state index >= 15 is 0 Å². The molecule has 0 aliphatic rings. The van der Waals surface area contributed by atoms with Crippen molar-refractivity contribution in [1.29, 1.82) is 0 Å². The van der Waals surface area contributed by atoms with Gasteiger partial charge in [0.2, 0.25) is 0 Å². The molecule has 0 aliphatic heterocycles. The van der Waals surface area contributed by atoms with Gasteiger partial charge in [-0.3, -0.25) is 4.79 Å². The topological polar surface area (TPSA) is 74.5 Å². The molecule has 0 spiro atoms. The molecular formula is C23H19FN2O4S. The smallest absolute Gasteiger partial charge is 0.306 e. The summed E-state index contributed by atoms with van der Waals surface area (Å²) < 4.78 is 29.1. The van der Waals surface area contributed by atoms with Crippen LogP contribution in [-0.4, -0.2) is 23.0 Å². The van der Waals surface area contributed by atoms with E-state index in [1.807, 2.05) is 29.6 Å². The Morgan fingerprint density at radius 1 is 1.10 bits per heavy atom. The molecule has 0 fully saturated rings. The number of carbonyl (C=O) groups excluding carboxylic acids is 1. The van der Waals surface area contributed by atoms with Crippen LogP contribution in [0.2, 0.25) is 0 Å². The molecule has 0 unspecified atom stereocenters. The number of benzene rings is 2. The number of thiazole rings is 1. The molecule has 2 aromatic heterocycles. The molecule has 0 amide bonds. The number of halogens is 1. The van der Waals surface area contributed by atoms with Crippen molar-refractivity contribution in [2.45, 2.75) is 19.4 Å². The van der Waals surface area contributed by atoms with Gasteiger partial charge in [-0.05, 0) is 48.5 Å². The van der Waals surface area contributed by atoms with Crippen LogP contribution in [0.3, 0.4) is 0 Å². The summed E-state index contributed by atoms with van der Waals surface area (Å²) in [6.45, 7) is 0.109. The predicted molar refractivity (Wildman–Crippen MR) is 114 cm³/mol. The quantitative estimate of drug-likeness (QED) is 0.348. The monoisotopic (exact) mass is 438 g/mol. The summed E-state index contributed by atoms with van der Waals surface area (Å²) in [5.74, 6) is 1.05. The van der Waals surface area contributed by atoms with Crippen molar-refractivity contribution in [3.8, 4) is 27.6 Å². The summed E-state index contributed by atoms with van der Waals surface area (Å²) in [5, 5.41) is 2.72. The maximum absolute atomic E-state index is 13.0. The van der Waals surface area contributed by atoms with E-state index in [9.17, 15) is 9.18 Å². The van der Waals surface area contributed by atoms with Gasteiger partial charge < -0.3 is 13.9 Å². The van der Waals surface area contributed by atoms with E-state index < -0.39 is 0 Å². The summed E-state index contributed by atoms with van der Waals surface area (Å²) in [4.78, 5) is 20.8. The molecule has 8 heteroatoms. The van der Waals surface area contributed by atoms with E-state index in [4.69, 9.17) is 13.9 Å². The van der Waals surface area contributed by atoms with Crippen LogP contribution in [0.1, 0.15) is 18.0 Å². The Labute approximate surface area is 182 Å². The molecule has 0 N–H and O–H groups in total. The van der Waals surface area contributed by atoms with E-state index in [2.05, 4.69) is 9.97 Å². The number of rotatable bonds is 8. The fraction of sp³-hybridized carbons (Fsp3) is 0.174. The molecule has 2 aromatic carbocycles. The number of nitrogens with zero attached hydrogens (tertiary/aromatic N) is 2. The van der Waals surface area contributed by atoms with Gasteiger partial charge in [0.05, 0.1) is 25.4 Å². The maximum atomic E-state index is 13.0. The van der Waals surface area contributed by atoms with Crippen LogP contribution < -0.4 is 4.74 Å². The second-order valence-corrected chi connectivity index (χ2v) is 7.52. The number of aromatic nitrogens is 2. The molecule has 0 atom stereocenters. The zero-order chi connectivity index (χ0) is 21.6. The largest absolute Gasteiger partial charge is 0.497 e. The lowest BCUT2D eigenvalue weighted by atomic mass is 10.2. The Morgan fingerprint density at radius 2 is 1.84 bits per heavy atom. The van der Waals surface area contributed by atoms with Crippen molar-refractivity contribution in [3.05, 3.63) is 77.5 Å². The van der Waals surface area contributed by atoms with E-state index in [0.29, 0.717) is 23.8 Å². The molecule has 0 bridgehead atoms. The van der Waals surface area contributed by atoms with Crippen LogP contribution in [0.15, 0.2) is 64.5 Å². The van der Waals surface area contributed by atoms with Crippen molar-refractivity contribution in [3.63, 3.8) is 0 Å². The Hall–Kier alpha value is -3.52. The first-order valence-corrected chi connectivity index (χ1v) is 10.4. The van der Waals surface area contributed by atoms with Crippen LogP contribution in [0.5, 0.6) is 5.75 Å². The molecule has 158 valence electrons. The van der Waals surface area contributed by atoms with Gasteiger partial charge in [0.15, 0.2) is 11.7 Å². The van der Waals surface area contributed by atoms with Gasteiger partial charge in [0.25, 0.3) is 0 Å². The number of ether oxygens (including phenoxy) is 2. The van der Waals surface area contributed by atoms with Gasteiger partial charge in [0, 0.05) is 22.9 Å². The van der Waals surface area contributed by atoms with Crippen molar-refractivity contribution in [1.82, 2.24) is 9.97 Å². The second-order valence-electron chi connectivity index (χ2n) is 6.66. The zero-order valence-electron chi connectivity index (χ0n) is 16.7. The molecule has 0 radical (unpaired) electrons. The molecule has 4 aromatic rings. The van der Waals surface area contributed by atoms with Crippen LogP contribution in [-0.2, 0) is 22.6 Å². The average Bonchev–Trinajstić information content (AvgIpc) is 3.47. The third-order valence-electron chi connectivity index (χ3n) is 4.50. The molecule has 0 aliphatic carbocycles. The molecule has 2 heterocycles. The summed E-state index contributed by atoms with van der Waals surface area (Å²) in [6, 6.07) is 13.6. The first kappa shape index (κ1) is 20.7. The van der Waals surface area contributed by atoms with Gasteiger partial charge in [0.1, 0.15) is 23.2 Å². The second kappa shape index (κ2) is 9.53. The predicted octanol–water partition coefficient (Wildman–Crippen LogP) is 5.29. The minimum atomic E-state index is -0.361. The molecule has 6 nitrogen and oxygen atoms in total. The number of hydrogen-bond acceptors (Lipinski definition) is 7.